The highest BCUT2D eigenvalue weighted by Crippen LogP contribution is 2.21. The van der Waals surface area contributed by atoms with Crippen molar-refractivity contribution in [2.45, 2.75) is 18.9 Å². The van der Waals surface area contributed by atoms with Gasteiger partial charge in [0.15, 0.2) is 5.69 Å². The molecule has 0 saturated carbocycles. The third-order valence-electron chi connectivity index (χ3n) is 4.68. The normalized spacial score (nSPS) is 16.9. The van der Waals surface area contributed by atoms with E-state index in [4.69, 9.17) is 4.74 Å². The molecule has 3 rings (SSSR count). The first-order valence-electron chi connectivity index (χ1n) is 9.48. The molecule has 1 saturated heterocycles. The van der Waals surface area contributed by atoms with Crippen molar-refractivity contribution in [3.8, 4) is 0 Å². The molecule has 0 radical (unpaired) electrons. The van der Waals surface area contributed by atoms with E-state index < -0.39 is 0 Å². The molecule has 1 fully saturated rings. The van der Waals surface area contributed by atoms with E-state index in [1.54, 1.807) is 41.1 Å². The molecule has 29 heavy (non-hydrogen) atoms. The Morgan fingerprint density at radius 1 is 1.41 bits per heavy atom. The fourth-order valence-corrected chi connectivity index (χ4v) is 3.17. The third-order valence-corrected chi connectivity index (χ3v) is 4.68. The lowest BCUT2D eigenvalue weighted by molar-refractivity contribution is -0.127. The summed E-state index contributed by atoms with van der Waals surface area (Å²) in [6.07, 6.45) is 6.31. The third kappa shape index (κ3) is 5.71. The van der Waals surface area contributed by atoms with E-state index in [2.05, 4.69) is 15.6 Å². The van der Waals surface area contributed by atoms with Gasteiger partial charge in [-0.2, -0.15) is 0 Å². The minimum atomic E-state index is -0.342. The summed E-state index contributed by atoms with van der Waals surface area (Å²) in [5.41, 5.74) is 0.864. The largest absolute Gasteiger partial charge is 0.383 e. The van der Waals surface area contributed by atoms with Crippen molar-refractivity contribution in [2.24, 2.45) is 0 Å². The van der Waals surface area contributed by atoms with Gasteiger partial charge >= 0.3 is 0 Å². The Balaban J connectivity index is 1.59. The van der Waals surface area contributed by atoms with Crippen molar-refractivity contribution in [3.05, 3.63) is 53.6 Å². The van der Waals surface area contributed by atoms with Crippen LogP contribution in [0.5, 0.6) is 0 Å². The average Bonchev–Trinajstić information content (AvgIpc) is 3.23. The number of ether oxygens (including phenoxy) is 1. The number of piperidine rings is 1. The number of amides is 2. The first-order chi connectivity index (χ1) is 14.1. The first kappa shape index (κ1) is 20.7. The highest BCUT2D eigenvalue weighted by Gasteiger charge is 2.25. The molecule has 9 heteroatoms. The Kier molecular flexibility index (Phi) is 7.07. The molecular weight excluding hydrogens is 377 g/mol. The predicted molar refractivity (Wildman–Crippen MR) is 105 cm³/mol. The minimum Gasteiger partial charge on any atom is -0.383 e. The van der Waals surface area contributed by atoms with Crippen LogP contribution in [0.1, 0.15) is 34.9 Å². The van der Waals surface area contributed by atoms with E-state index in [1.165, 1.54) is 18.2 Å². The fraction of sp³-hybridized carbons (Fsp3) is 0.400. The summed E-state index contributed by atoms with van der Waals surface area (Å²) < 4.78 is 19.8. The van der Waals surface area contributed by atoms with E-state index >= 15 is 0 Å². The summed E-state index contributed by atoms with van der Waals surface area (Å²) in [4.78, 5) is 26.3. The van der Waals surface area contributed by atoms with Crippen LogP contribution in [0.4, 0.5) is 4.39 Å². The predicted octanol–water partition coefficient (Wildman–Crippen LogP) is 1.67. The molecule has 1 atom stereocenters. The molecule has 2 amide bonds. The molecule has 1 aliphatic heterocycles. The molecular formula is C20H24FN5O3. The SMILES string of the molecule is COCCNC(=O)c1cn(C2CCCN(C(=O)/C=C\c3cccc(F)c3)C2)nn1. The maximum atomic E-state index is 13.3. The first-order valence-corrected chi connectivity index (χ1v) is 9.48. The lowest BCUT2D eigenvalue weighted by Crippen LogP contribution is -2.40. The van der Waals surface area contributed by atoms with Crippen molar-refractivity contribution < 1.29 is 18.7 Å². The van der Waals surface area contributed by atoms with Gasteiger partial charge < -0.3 is 15.0 Å². The molecule has 1 N–H and O–H groups in total. The van der Waals surface area contributed by atoms with Crippen molar-refractivity contribution in [3.63, 3.8) is 0 Å². The van der Waals surface area contributed by atoms with Crippen LogP contribution in [0.3, 0.4) is 0 Å². The zero-order valence-corrected chi connectivity index (χ0v) is 16.3. The van der Waals surface area contributed by atoms with E-state index in [0.29, 0.717) is 31.8 Å². The highest BCUT2D eigenvalue weighted by molar-refractivity contribution is 5.92. The Morgan fingerprint density at radius 3 is 3.07 bits per heavy atom. The smallest absolute Gasteiger partial charge is 0.273 e. The van der Waals surface area contributed by atoms with Crippen LogP contribution in [0.2, 0.25) is 0 Å². The van der Waals surface area contributed by atoms with Crippen molar-refractivity contribution in [1.82, 2.24) is 25.2 Å². The van der Waals surface area contributed by atoms with Gasteiger partial charge in [-0.1, -0.05) is 17.3 Å². The van der Waals surface area contributed by atoms with Crippen molar-refractivity contribution >= 4 is 17.9 Å². The van der Waals surface area contributed by atoms with Crippen molar-refractivity contribution in [1.29, 1.82) is 0 Å². The number of rotatable bonds is 7. The average molecular weight is 401 g/mol. The maximum absolute atomic E-state index is 13.3. The van der Waals surface area contributed by atoms with E-state index in [-0.39, 0.29) is 29.4 Å². The molecule has 154 valence electrons. The second-order valence-electron chi connectivity index (χ2n) is 6.80. The van der Waals surface area contributed by atoms with Crippen LogP contribution in [-0.2, 0) is 9.53 Å². The van der Waals surface area contributed by atoms with Gasteiger partial charge in [0.25, 0.3) is 5.91 Å². The number of likely N-dealkylation sites (tertiary alicyclic amines) is 1. The number of methoxy groups -OCH3 is 1. The lowest BCUT2D eigenvalue weighted by atomic mass is 10.1. The summed E-state index contributed by atoms with van der Waals surface area (Å²) in [6, 6.07) is 6.02. The van der Waals surface area contributed by atoms with Crippen LogP contribution in [-0.4, -0.2) is 65.1 Å². The zero-order chi connectivity index (χ0) is 20.6. The maximum Gasteiger partial charge on any atom is 0.273 e. The molecule has 2 aromatic rings. The van der Waals surface area contributed by atoms with Crippen molar-refractivity contribution in [2.75, 3.05) is 33.4 Å². The second-order valence-corrected chi connectivity index (χ2v) is 6.80. The molecule has 1 aliphatic rings. The van der Waals surface area contributed by atoms with Gasteiger partial charge in [-0.05, 0) is 36.6 Å². The fourth-order valence-electron chi connectivity index (χ4n) is 3.17. The molecule has 0 spiro atoms. The number of carbonyl (C=O) groups is 2. The molecule has 0 bridgehead atoms. The van der Waals surface area contributed by atoms with E-state index in [1.807, 2.05) is 0 Å². The molecule has 8 nitrogen and oxygen atoms in total. The van der Waals surface area contributed by atoms with Gasteiger partial charge in [-0.25, -0.2) is 9.07 Å². The number of benzene rings is 1. The van der Waals surface area contributed by atoms with Crippen LogP contribution < -0.4 is 5.32 Å². The summed E-state index contributed by atoms with van der Waals surface area (Å²) in [7, 11) is 1.56. The Morgan fingerprint density at radius 2 is 2.28 bits per heavy atom. The zero-order valence-electron chi connectivity index (χ0n) is 16.3. The molecule has 2 heterocycles. The summed E-state index contributed by atoms with van der Waals surface area (Å²) in [5, 5.41) is 10.7. The quantitative estimate of drug-likeness (QED) is 0.563. The van der Waals surface area contributed by atoms with Gasteiger partial charge in [0.2, 0.25) is 5.91 Å². The Hall–Kier alpha value is -3.07. The summed E-state index contributed by atoms with van der Waals surface area (Å²) in [5.74, 6) is -0.794. The number of halogens is 1. The number of nitrogens with one attached hydrogen (secondary N) is 1. The van der Waals surface area contributed by atoms with E-state index in [9.17, 15) is 14.0 Å². The van der Waals surface area contributed by atoms with Crippen LogP contribution in [0, 0.1) is 5.82 Å². The monoisotopic (exact) mass is 401 g/mol. The highest BCUT2D eigenvalue weighted by atomic mass is 19.1. The molecule has 1 aromatic heterocycles. The van der Waals surface area contributed by atoms with Gasteiger partial charge in [0, 0.05) is 32.8 Å². The van der Waals surface area contributed by atoms with Gasteiger partial charge in [-0.3, -0.25) is 9.59 Å². The number of aromatic nitrogens is 3. The minimum absolute atomic E-state index is 0.0525. The van der Waals surface area contributed by atoms with Gasteiger partial charge in [0.05, 0.1) is 18.8 Å². The van der Waals surface area contributed by atoms with Crippen LogP contribution >= 0.6 is 0 Å². The van der Waals surface area contributed by atoms with Crippen LogP contribution in [0.25, 0.3) is 6.08 Å². The topological polar surface area (TPSA) is 89.4 Å². The second kappa shape index (κ2) is 9.92. The number of carbonyl (C=O) groups excluding carboxylic acids is 2. The number of hydrogen-bond acceptors (Lipinski definition) is 5. The Labute approximate surface area is 168 Å². The summed E-state index contributed by atoms with van der Waals surface area (Å²) in [6.45, 7) is 1.93. The Bertz CT molecular complexity index is 883. The van der Waals surface area contributed by atoms with Crippen LogP contribution in [0.15, 0.2) is 36.5 Å². The molecule has 1 unspecified atom stereocenters. The summed E-state index contributed by atoms with van der Waals surface area (Å²) >= 11 is 0. The lowest BCUT2D eigenvalue weighted by Gasteiger charge is -2.31. The van der Waals surface area contributed by atoms with E-state index in [0.717, 1.165) is 12.8 Å². The molecule has 0 aliphatic carbocycles. The molecule has 1 aromatic carbocycles. The van der Waals surface area contributed by atoms with Gasteiger partial charge in [-0.15, -0.1) is 5.10 Å². The standard InChI is InChI=1S/C20H24FN5O3/c1-29-11-9-22-20(28)18-14-26(24-23-18)17-6-3-10-25(13-17)19(27)8-7-15-4-2-5-16(21)12-15/h2,4-5,7-8,12,14,17H,3,6,9-11,13H2,1H3,(H,22,28)/b8-7-. The number of hydrogen-bond donors (Lipinski definition) is 1. The number of nitrogens with zero attached hydrogens (tertiary/aromatic N) is 4. The van der Waals surface area contributed by atoms with Gasteiger partial charge in [0.1, 0.15) is 5.82 Å².